The third kappa shape index (κ3) is 5.72. The van der Waals surface area contributed by atoms with E-state index < -0.39 is 45.4 Å². The fourth-order valence-corrected chi connectivity index (χ4v) is 6.80. The van der Waals surface area contributed by atoms with E-state index in [9.17, 15) is 28.1 Å². The Morgan fingerprint density at radius 3 is 2.51 bits per heavy atom. The van der Waals surface area contributed by atoms with Gasteiger partial charge in [0, 0.05) is 24.0 Å². The van der Waals surface area contributed by atoms with Crippen LogP contribution >= 0.6 is 0 Å². The summed E-state index contributed by atoms with van der Waals surface area (Å²) in [7, 11) is -3.70. The molecule has 1 saturated carbocycles. The number of nitrogens with one attached hydrogen (secondary N) is 3. The van der Waals surface area contributed by atoms with Gasteiger partial charge < -0.3 is 15.2 Å². The number of hydrogen-bond acceptors (Lipinski definition) is 6. The Balaban J connectivity index is 1.58. The van der Waals surface area contributed by atoms with Gasteiger partial charge in [0.2, 0.25) is 21.8 Å². The molecule has 1 aliphatic heterocycles. The lowest BCUT2D eigenvalue weighted by atomic mass is 9.86. The SMILES string of the molecule is Cc1ccc2[nH]c(=O)c(C[C@@H](C#N)NC(=O)[C@@H]3[C@@H]4[C@H](CN3C(=O)[C@@H](NS(C)(=O)=O)C(C)(C)C)C4(C)C)cc2c1. The first-order valence-electron chi connectivity index (χ1n) is 13.0. The minimum absolute atomic E-state index is 0.000139. The molecule has 11 heteroatoms. The van der Waals surface area contributed by atoms with Crippen LogP contribution in [0.4, 0.5) is 0 Å². The van der Waals surface area contributed by atoms with Crippen molar-refractivity contribution in [3.05, 3.63) is 45.7 Å². The second-order valence-corrected chi connectivity index (χ2v) is 14.5. The summed E-state index contributed by atoms with van der Waals surface area (Å²) in [6.07, 6.45) is 1.00. The standard InChI is InChI=1S/C28H37N5O5S/c1-15-8-9-20-16(10-15)11-17(24(34)31-20)12-18(13-29)30-25(35)22-21-19(28(21,5)6)14-33(22)26(36)23(27(2,3)4)32-39(7,37)38/h8-11,18-19,21-23,32H,12,14H2,1-7H3,(H,30,35)(H,31,34)/t18-,19-,21-,22-,23+/m0/s1. The maximum Gasteiger partial charge on any atom is 0.251 e. The van der Waals surface area contributed by atoms with E-state index in [1.165, 1.54) is 4.90 Å². The Bertz CT molecular complexity index is 1530. The van der Waals surface area contributed by atoms with Gasteiger partial charge in [0.15, 0.2) is 0 Å². The van der Waals surface area contributed by atoms with Crippen molar-refractivity contribution in [1.29, 1.82) is 5.26 Å². The molecule has 4 rings (SSSR count). The molecule has 1 aliphatic carbocycles. The molecule has 2 aromatic rings. The van der Waals surface area contributed by atoms with Crippen molar-refractivity contribution < 1.29 is 18.0 Å². The number of aromatic nitrogens is 1. The van der Waals surface area contributed by atoms with Gasteiger partial charge in [-0.1, -0.05) is 46.2 Å². The quantitative estimate of drug-likeness (QED) is 0.474. The summed E-state index contributed by atoms with van der Waals surface area (Å²) < 4.78 is 26.6. The van der Waals surface area contributed by atoms with E-state index in [0.29, 0.717) is 17.6 Å². The van der Waals surface area contributed by atoms with E-state index in [4.69, 9.17) is 0 Å². The Hall–Kier alpha value is -3.23. The molecule has 3 N–H and O–H groups in total. The van der Waals surface area contributed by atoms with Crippen LogP contribution in [0.2, 0.25) is 0 Å². The molecule has 2 fully saturated rings. The van der Waals surface area contributed by atoms with E-state index in [0.717, 1.165) is 17.2 Å². The highest BCUT2D eigenvalue weighted by Crippen LogP contribution is 2.65. The summed E-state index contributed by atoms with van der Waals surface area (Å²) in [5.41, 5.74) is 0.835. The lowest BCUT2D eigenvalue weighted by Gasteiger charge is -2.37. The Labute approximate surface area is 229 Å². The van der Waals surface area contributed by atoms with Crippen molar-refractivity contribution in [2.24, 2.45) is 22.7 Å². The summed E-state index contributed by atoms with van der Waals surface area (Å²) in [5, 5.41) is 13.5. The van der Waals surface area contributed by atoms with Gasteiger partial charge in [-0.3, -0.25) is 14.4 Å². The molecule has 1 saturated heterocycles. The van der Waals surface area contributed by atoms with Crippen LogP contribution in [-0.2, 0) is 26.0 Å². The van der Waals surface area contributed by atoms with Gasteiger partial charge in [-0.05, 0) is 53.2 Å². The van der Waals surface area contributed by atoms with Crippen LogP contribution in [0, 0.1) is 40.9 Å². The van der Waals surface area contributed by atoms with E-state index >= 15 is 0 Å². The van der Waals surface area contributed by atoms with Crippen molar-refractivity contribution in [2.75, 3.05) is 12.8 Å². The number of aryl methyl sites for hydroxylation is 1. The van der Waals surface area contributed by atoms with Gasteiger partial charge >= 0.3 is 0 Å². The van der Waals surface area contributed by atoms with Gasteiger partial charge in [0.25, 0.3) is 5.56 Å². The number of benzene rings is 1. The largest absolute Gasteiger partial charge is 0.338 e. The molecular formula is C28H37N5O5S. The molecule has 0 radical (unpaired) electrons. The zero-order valence-electron chi connectivity index (χ0n) is 23.5. The lowest BCUT2D eigenvalue weighted by Crippen LogP contribution is -2.59. The molecule has 2 heterocycles. The fraction of sp³-hybridized carbons (Fsp3) is 0.571. The number of aromatic amines is 1. The summed E-state index contributed by atoms with van der Waals surface area (Å²) in [6.45, 7) is 11.6. The number of fused-ring (bicyclic) bond motifs is 2. The number of piperidine rings is 1. The Morgan fingerprint density at radius 2 is 1.92 bits per heavy atom. The van der Waals surface area contributed by atoms with Crippen LogP contribution in [0.15, 0.2) is 29.1 Å². The molecule has 5 atom stereocenters. The minimum atomic E-state index is -3.70. The minimum Gasteiger partial charge on any atom is -0.338 e. The predicted molar refractivity (Wildman–Crippen MR) is 148 cm³/mol. The first kappa shape index (κ1) is 28.8. The number of sulfonamides is 1. The molecule has 39 heavy (non-hydrogen) atoms. The predicted octanol–water partition coefficient (Wildman–Crippen LogP) is 1.83. The molecular weight excluding hydrogens is 518 g/mol. The van der Waals surface area contributed by atoms with Crippen LogP contribution in [0.5, 0.6) is 0 Å². The second kappa shape index (κ2) is 9.75. The Morgan fingerprint density at radius 1 is 1.26 bits per heavy atom. The number of carbonyl (C=O) groups is 2. The maximum absolute atomic E-state index is 13.7. The lowest BCUT2D eigenvalue weighted by molar-refractivity contribution is -0.143. The smallest absolute Gasteiger partial charge is 0.251 e. The molecule has 0 bridgehead atoms. The zero-order chi connectivity index (χ0) is 29.1. The number of nitriles is 1. The molecule has 1 aromatic carbocycles. The number of rotatable bonds is 7. The topological polar surface area (TPSA) is 152 Å². The maximum atomic E-state index is 13.7. The summed E-state index contributed by atoms with van der Waals surface area (Å²) in [6, 6.07) is 6.56. The van der Waals surface area contributed by atoms with Gasteiger partial charge in [0.05, 0.1) is 12.3 Å². The number of nitrogens with zero attached hydrogens (tertiary/aromatic N) is 2. The van der Waals surface area contributed by atoms with Crippen molar-refractivity contribution in [2.45, 2.75) is 66.1 Å². The van der Waals surface area contributed by atoms with Gasteiger partial charge in [-0.15, -0.1) is 0 Å². The van der Waals surface area contributed by atoms with E-state index in [1.807, 2.05) is 39.0 Å². The van der Waals surface area contributed by atoms with E-state index in [2.05, 4.69) is 21.1 Å². The van der Waals surface area contributed by atoms with Crippen LogP contribution in [0.25, 0.3) is 10.9 Å². The monoisotopic (exact) mass is 555 g/mol. The zero-order valence-corrected chi connectivity index (χ0v) is 24.3. The Kier molecular flexibility index (Phi) is 7.19. The third-order valence-corrected chi connectivity index (χ3v) is 8.84. The number of likely N-dealkylation sites (tertiary alicyclic amines) is 1. The number of amides is 2. The van der Waals surface area contributed by atoms with Gasteiger partial charge in [0.1, 0.15) is 18.1 Å². The van der Waals surface area contributed by atoms with Crippen molar-refractivity contribution in [3.63, 3.8) is 0 Å². The summed E-state index contributed by atoms with van der Waals surface area (Å²) >= 11 is 0. The normalized spacial score (nSPS) is 23.5. The molecule has 0 spiro atoms. The van der Waals surface area contributed by atoms with Crippen molar-refractivity contribution >= 4 is 32.7 Å². The average molecular weight is 556 g/mol. The molecule has 1 aromatic heterocycles. The highest BCUT2D eigenvalue weighted by atomic mass is 32.2. The number of carbonyl (C=O) groups excluding carboxylic acids is 2. The van der Waals surface area contributed by atoms with Crippen LogP contribution in [0.3, 0.4) is 0 Å². The van der Waals surface area contributed by atoms with Crippen LogP contribution < -0.4 is 15.6 Å². The average Bonchev–Trinajstić information content (AvgIpc) is 3.14. The molecule has 2 aliphatic rings. The third-order valence-electron chi connectivity index (χ3n) is 8.18. The fourth-order valence-electron chi connectivity index (χ4n) is 5.92. The van der Waals surface area contributed by atoms with Gasteiger partial charge in [-0.25, -0.2) is 13.1 Å². The first-order chi connectivity index (χ1) is 17.9. The highest BCUT2D eigenvalue weighted by Gasteiger charge is 2.69. The number of H-pyrrole nitrogens is 1. The van der Waals surface area contributed by atoms with Gasteiger partial charge in [-0.2, -0.15) is 5.26 Å². The summed E-state index contributed by atoms with van der Waals surface area (Å²) in [5.74, 6) is -0.978. The van der Waals surface area contributed by atoms with Crippen LogP contribution in [0.1, 0.15) is 45.7 Å². The number of hydrogen-bond donors (Lipinski definition) is 3. The van der Waals surface area contributed by atoms with Crippen molar-refractivity contribution in [1.82, 2.24) is 19.9 Å². The van der Waals surface area contributed by atoms with Crippen molar-refractivity contribution in [3.8, 4) is 6.07 Å². The first-order valence-corrected chi connectivity index (χ1v) is 14.9. The molecule has 0 unspecified atom stereocenters. The summed E-state index contributed by atoms with van der Waals surface area (Å²) in [4.78, 5) is 44.4. The van der Waals surface area contributed by atoms with E-state index in [-0.39, 0.29) is 29.2 Å². The second-order valence-electron chi connectivity index (χ2n) is 12.7. The molecule has 10 nitrogen and oxygen atoms in total. The molecule has 210 valence electrons. The van der Waals surface area contributed by atoms with Crippen LogP contribution in [-0.4, -0.2) is 61.0 Å². The molecule has 2 amide bonds. The number of pyridine rings is 1. The van der Waals surface area contributed by atoms with E-state index in [1.54, 1.807) is 26.8 Å². The highest BCUT2D eigenvalue weighted by molar-refractivity contribution is 7.88.